The van der Waals surface area contributed by atoms with Crippen molar-refractivity contribution in [2.75, 3.05) is 6.54 Å². The number of allylic oxidation sites excluding steroid dienone is 3. The molecule has 1 aromatic heterocycles. The van der Waals surface area contributed by atoms with Gasteiger partial charge in [-0.25, -0.2) is 4.79 Å². The van der Waals surface area contributed by atoms with E-state index in [-0.39, 0.29) is 5.56 Å². The maximum Gasteiger partial charge on any atom is 0.328 e. The predicted octanol–water partition coefficient (Wildman–Crippen LogP) is 3.73. The summed E-state index contributed by atoms with van der Waals surface area (Å²) in [4.78, 5) is 25.5. The predicted molar refractivity (Wildman–Crippen MR) is 121 cm³/mol. The molecular weight excluding hydrogens is 362 g/mol. The van der Waals surface area contributed by atoms with Gasteiger partial charge in [0.15, 0.2) is 0 Å². The molecule has 5 heteroatoms. The van der Waals surface area contributed by atoms with Gasteiger partial charge in [0.1, 0.15) is 0 Å². The van der Waals surface area contributed by atoms with E-state index in [0.717, 1.165) is 25.0 Å². The number of aromatic amines is 1. The molecule has 0 spiro atoms. The largest absolute Gasteiger partial charge is 0.385 e. The Morgan fingerprint density at radius 3 is 2.66 bits per heavy atom. The van der Waals surface area contributed by atoms with Gasteiger partial charge in [-0.05, 0) is 36.5 Å². The standard InChI is InChI=1S/C24H31N3O2/c1-5-7-13-22-20(6-2)11-10-12-21(22)16-19(4)25-14-8-9-15-27-17-18(3)23(28)26-24(27)29/h7-13,17,25H,4-6,14-16H2,1-3H3,(H,26,28,29)/b9-8-,13-7-. The lowest BCUT2D eigenvalue weighted by atomic mass is 9.96. The van der Waals surface area contributed by atoms with E-state index in [0.29, 0.717) is 18.7 Å². The summed E-state index contributed by atoms with van der Waals surface area (Å²) in [5, 5.41) is 3.32. The van der Waals surface area contributed by atoms with Crippen molar-refractivity contribution in [3.63, 3.8) is 0 Å². The van der Waals surface area contributed by atoms with E-state index < -0.39 is 5.69 Å². The molecule has 154 valence electrons. The Hall–Kier alpha value is -3.08. The molecule has 0 amide bonds. The summed E-state index contributed by atoms with van der Waals surface area (Å²) < 4.78 is 1.48. The fraction of sp³-hybridized carbons (Fsp3) is 0.333. The first-order valence-corrected chi connectivity index (χ1v) is 10.1. The number of H-pyrrole nitrogens is 1. The second-order valence-electron chi connectivity index (χ2n) is 7.01. The fourth-order valence-corrected chi connectivity index (χ4v) is 3.10. The lowest BCUT2D eigenvalue weighted by Gasteiger charge is -2.13. The topological polar surface area (TPSA) is 66.9 Å². The smallest absolute Gasteiger partial charge is 0.328 e. The maximum atomic E-state index is 11.8. The van der Waals surface area contributed by atoms with Crippen LogP contribution in [0, 0.1) is 6.92 Å². The second kappa shape index (κ2) is 11.1. The third-order valence-electron chi connectivity index (χ3n) is 4.72. The number of nitrogens with one attached hydrogen (secondary N) is 2. The van der Waals surface area contributed by atoms with Crippen LogP contribution in [0.15, 0.2) is 64.5 Å². The van der Waals surface area contributed by atoms with E-state index in [4.69, 9.17) is 0 Å². The van der Waals surface area contributed by atoms with Gasteiger partial charge in [-0.1, -0.05) is 62.9 Å². The minimum atomic E-state index is -0.397. The van der Waals surface area contributed by atoms with Gasteiger partial charge in [0.25, 0.3) is 5.56 Å². The summed E-state index contributed by atoms with van der Waals surface area (Å²) in [7, 11) is 0. The summed E-state index contributed by atoms with van der Waals surface area (Å²) in [5.74, 6) is 0. The van der Waals surface area contributed by atoms with Crippen LogP contribution in [0.25, 0.3) is 6.08 Å². The normalized spacial score (nSPS) is 11.4. The minimum absolute atomic E-state index is 0.339. The van der Waals surface area contributed by atoms with E-state index in [2.05, 4.69) is 61.1 Å². The second-order valence-corrected chi connectivity index (χ2v) is 7.01. The first kappa shape index (κ1) is 22.2. The summed E-state index contributed by atoms with van der Waals surface area (Å²) in [6.45, 7) is 11.2. The highest BCUT2D eigenvalue weighted by Crippen LogP contribution is 2.20. The van der Waals surface area contributed by atoms with Gasteiger partial charge in [-0.2, -0.15) is 0 Å². The van der Waals surface area contributed by atoms with Crippen LogP contribution >= 0.6 is 0 Å². The van der Waals surface area contributed by atoms with Crippen LogP contribution in [-0.2, 0) is 19.4 Å². The van der Waals surface area contributed by atoms with Crippen LogP contribution in [0.2, 0.25) is 0 Å². The Morgan fingerprint density at radius 2 is 1.93 bits per heavy atom. The Kier molecular flexibility index (Phi) is 8.46. The molecule has 0 aliphatic heterocycles. The molecule has 29 heavy (non-hydrogen) atoms. The molecule has 0 bridgehead atoms. The number of rotatable bonds is 10. The highest BCUT2D eigenvalue weighted by atomic mass is 16.2. The molecule has 0 fully saturated rings. The lowest BCUT2D eigenvalue weighted by molar-refractivity contribution is 0.725. The molecule has 0 unspecified atom stereocenters. The van der Waals surface area contributed by atoms with Crippen molar-refractivity contribution < 1.29 is 0 Å². The van der Waals surface area contributed by atoms with Crippen LogP contribution in [0.1, 0.15) is 42.5 Å². The highest BCUT2D eigenvalue weighted by molar-refractivity contribution is 5.58. The van der Waals surface area contributed by atoms with E-state index in [9.17, 15) is 9.59 Å². The van der Waals surface area contributed by atoms with Crippen LogP contribution < -0.4 is 16.6 Å². The zero-order valence-electron chi connectivity index (χ0n) is 17.6. The Morgan fingerprint density at radius 1 is 1.17 bits per heavy atom. The van der Waals surface area contributed by atoms with Crippen LogP contribution in [-0.4, -0.2) is 16.1 Å². The van der Waals surface area contributed by atoms with Crippen molar-refractivity contribution in [2.45, 2.75) is 46.6 Å². The number of aromatic nitrogens is 2. The van der Waals surface area contributed by atoms with Gasteiger partial charge in [0.05, 0.1) is 0 Å². The lowest BCUT2D eigenvalue weighted by Crippen LogP contribution is -2.30. The average molecular weight is 394 g/mol. The minimum Gasteiger partial charge on any atom is -0.385 e. The van der Waals surface area contributed by atoms with Gasteiger partial charge < -0.3 is 5.32 Å². The molecule has 0 saturated carbocycles. The molecule has 5 nitrogen and oxygen atoms in total. The van der Waals surface area contributed by atoms with Crippen molar-refractivity contribution >= 4 is 6.08 Å². The number of nitrogens with zero attached hydrogens (tertiary/aromatic N) is 1. The van der Waals surface area contributed by atoms with Gasteiger partial charge in [-0.3, -0.25) is 14.3 Å². The van der Waals surface area contributed by atoms with Crippen molar-refractivity contribution in [1.29, 1.82) is 0 Å². The molecule has 2 rings (SSSR count). The van der Waals surface area contributed by atoms with E-state index >= 15 is 0 Å². The van der Waals surface area contributed by atoms with Gasteiger partial charge >= 0.3 is 5.69 Å². The van der Waals surface area contributed by atoms with Crippen LogP contribution in [0.3, 0.4) is 0 Å². The maximum absolute atomic E-state index is 11.8. The monoisotopic (exact) mass is 393 g/mol. The number of aryl methyl sites for hydroxylation is 2. The molecule has 0 aliphatic carbocycles. The summed E-state index contributed by atoms with van der Waals surface area (Å²) in [6, 6.07) is 6.44. The van der Waals surface area contributed by atoms with E-state index in [1.54, 1.807) is 13.1 Å². The zero-order valence-corrected chi connectivity index (χ0v) is 17.6. The third-order valence-corrected chi connectivity index (χ3v) is 4.72. The van der Waals surface area contributed by atoms with E-state index in [1.165, 1.54) is 21.3 Å². The quantitative estimate of drug-likeness (QED) is 0.605. The van der Waals surface area contributed by atoms with Crippen molar-refractivity contribution in [3.05, 3.63) is 98.0 Å². The Bertz CT molecular complexity index is 1010. The van der Waals surface area contributed by atoms with Crippen LogP contribution in [0.5, 0.6) is 0 Å². The van der Waals surface area contributed by atoms with Crippen molar-refractivity contribution in [1.82, 2.24) is 14.9 Å². The van der Waals surface area contributed by atoms with Crippen LogP contribution in [0.4, 0.5) is 0 Å². The average Bonchev–Trinajstić information content (AvgIpc) is 2.70. The van der Waals surface area contributed by atoms with E-state index in [1.807, 2.05) is 12.2 Å². The van der Waals surface area contributed by atoms with Gasteiger partial charge in [-0.15, -0.1) is 0 Å². The molecule has 0 radical (unpaired) electrons. The van der Waals surface area contributed by atoms with Gasteiger partial charge in [0, 0.05) is 37.0 Å². The molecular formula is C24H31N3O2. The molecule has 0 atom stereocenters. The number of hydrogen-bond donors (Lipinski definition) is 2. The first-order valence-electron chi connectivity index (χ1n) is 10.1. The molecule has 0 saturated heterocycles. The molecule has 2 aromatic rings. The first-order chi connectivity index (χ1) is 14.0. The number of benzene rings is 1. The molecule has 2 N–H and O–H groups in total. The zero-order chi connectivity index (χ0) is 21.2. The number of hydrogen-bond acceptors (Lipinski definition) is 3. The van der Waals surface area contributed by atoms with Gasteiger partial charge in [0.2, 0.25) is 0 Å². The fourth-order valence-electron chi connectivity index (χ4n) is 3.10. The summed E-state index contributed by atoms with van der Waals surface area (Å²) in [5.41, 5.74) is 4.65. The Balaban J connectivity index is 1.93. The third kappa shape index (κ3) is 6.49. The summed E-state index contributed by atoms with van der Waals surface area (Å²) >= 11 is 0. The SMILES string of the molecule is C=C(Cc1cccc(CC)c1/C=C\CC)NC/C=C\Cn1cc(C)c(=O)[nH]c1=O. The summed E-state index contributed by atoms with van der Waals surface area (Å²) in [6.07, 6.45) is 12.6. The van der Waals surface area contributed by atoms with Crippen molar-refractivity contribution in [3.8, 4) is 0 Å². The Labute approximate surface area is 172 Å². The van der Waals surface area contributed by atoms with Crippen molar-refractivity contribution in [2.24, 2.45) is 0 Å². The molecule has 1 heterocycles. The molecule has 1 aromatic carbocycles. The molecule has 0 aliphatic rings. The highest BCUT2D eigenvalue weighted by Gasteiger charge is 2.06.